The fourth-order valence-electron chi connectivity index (χ4n) is 1.52. The molecule has 1 nitrogen and oxygen atoms in total. The zero-order valence-corrected chi connectivity index (χ0v) is 7.27. The Morgan fingerprint density at radius 3 is 3.00 bits per heavy atom. The third kappa shape index (κ3) is 2.19. The Bertz CT molecular complexity index is 177. The SMILES string of the molecule is CCCC1=C(CN)CCC=C1. The first-order valence-corrected chi connectivity index (χ1v) is 4.46. The summed E-state index contributed by atoms with van der Waals surface area (Å²) >= 11 is 0. The van der Waals surface area contributed by atoms with Crippen LogP contribution in [-0.2, 0) is 0 Å². The van der Waals surface area contributed by atoms with Crippen LogP contribution in [-0.4, -0.2) is 6.54 Å². The third-order valence-electron chi connectivity index (χ3n) is 2.15. The van der Waals surface area contributed by atoms with Gasteiger partial charge in [-0.05, 0) is 24.8 Å². The van der Waals surface area contributed by atoms with Gasteiger partial charge in [-0.1, -0.05) is 31.1 Å². The maximum absolute atomic E-state index is 5.63. The van der Waals surface area contributed by atoms with Gasteiger partial charge >= 0.3 is 0 Å². The number of hydrogen-bond donors (Lipinski definition) is 1. The highest BCUT2D eigenvalue weighted by Crippen LogP contribution is 2.21. The van der Waals surface area contributed by atoms with E-state index in [4.69, 9.17) is 5.73 Å². The summed E-state index contributed by atoms with van der Waals surface area (Å²) in [7, 11) is 0. The van der Waals surface area contributed by atoms with E-state index in [0.29, 0.717) is 0 Å². The number of allylic oxidation sites excluding steroid dienone is 3. The molecule has 2 N–H and O–H groups in total. The van der Waals surface area contributed by atoms with Crippen LogP contribution in [0.3, 0.4) is 0 Å². The fraction of sp³-hybridized carbons (Fsp3) is 0.600. The molecule has 11 heavy (non-hydrogen) atoms. The molecular formula is C10H17N. The van der Waals surface area contributed by atoms with E-state index in [9.17, 15) is 0 Å². The Kier molecular flexibility index (Phi) is 3.37. The molecule has 0 bridgehead atoms. The summed E-state index contributed by atoms with van der Waals surface area (Å²) in [5.41, 5.74) is 8.59. The Morgan fingerprint density at radius 2 is 2.36 bits per heavy atom. The molecule has 0 fully saturated rings. The van der Waals surface area contributed by atoms with Crippen LogP contribution in [0.5, 0.6) is 0 Å². The van der Waals surface area contributed by atoms with Crippen LogP contribution in [0.1, 0.15) is 32.6 Å². The predicted octanol–water partition coefficient (Wildman–Crippen LogP) is 2.39. The van der Waals surface area contributed by atoms with Crippen molar-refractivity contribution in [3.8, 4) is 0 Å². The first-order valence-electron chi connectivity index (χ1n) is 4.46. The van der Waals surface area contributed by atoms with Gasteiger partial charge in [0.25, 0.3) is 0 Å². The molecule has 0 saturated carbocycles. The lowest BCUT2D eigenvalue weighted by atomic mass is 9.95. The van der Waals surface area contributed by atoms with Crippen LogP contribution >= 0.6 is 0 Å². The molecular weight excluding hydrogens is 134 g/mol. The van der Waals surface area contributed by atoms with Gasteiger partial charge in [0.1, 0.15) is 0 Å². The molecule has 62 valence electrons. The Morgan fingerprint density at radius 1 is 1.55 bits per heavy atom. The van der Waals surface area contributed by atoms with Gasteiger partial charge in [-0.25, -0.2) is 0 Å². The summed E-state index contributed by atoms with van der Waals surface area (Å²) in [5, 5.41) is 0. The predicted molar refractivity (Wildman–Crippen MR) is 49.4 cm³/mol. The number of nitrogens with two attached hydrogens (primary N) is 1. The third-order valence-corrected chi connectivity index (χ3v) is 2.15. The molecule has 0 unspecified atom stereocenters. The van der Waals surface area contributed by atoms with Crippen molar-refractivity contribution < 1.29 is 0 Å². The van der Waals surface area contributed by atoms with Crippen molar-refractivity contribution in [2.45, 2.75) is 32.6 Å². The maximum atomic E-state index is 5.63. The lowest BCUT2D eigenvalue weighted by Crippen LogP contribution is -2.07. The molecule has 0 aliphatic heterocycles. The topological polar surface area (TPSA) is 26.0 Å². The van der Waals surface area contributed by atoms with Gasteiger partial charge in [-0.15, -0.1) is 0 Å². The zero-order chi connectivity index (χ0) is 8.10. The molecule has 0 spiro atoms. The standard InChI is InChI=1S/C10H17N/c1-2-5-9-6-3-4-7-10(9)8-11/h3,6H,2,4-5,7-8,11H2,1H3. The van der Waals surface area contributed by atoms with Gasteiger partial charge in [-0.3, -0.25) is 0 Å². The first kappa shape index (κ1) is 8.54. The maximum Gasteiger partial charge on any atom is 0.0142 e. The summed E-state index contributed by atoms with van der Waals surface area (Å²) in [6.45, 7) is 2.96. The van der Waals surface area contributed by atoms with Crippen molar-refractivity contribution in [1.29, 1.82) is 0 Å². The summed E-state index contributed by atoms with van der Waals surface area (Å²) in [4.78, 5) is 0. The number of rotatable bonds is 3. The van der Waals surface area contributed by atoms with Gasteiger partial charge in [0.05, 0.1) is 0 Å². The minimum Gasteiger partial charge on any atom is -0.327 e. The molecule has 0 aromatic rings. The van der Waals surface area contributed by atoms with Gasteiger partial charge in [0.15, 0.2) is 0 Å². The fourth-order valence-corrected chi connectivity index (χ4v) is 1.52. The molecule has 0 aromatic carbocycles. The molecule has 1 heteroatoms. The van der Waals surface area contributed by atoms with Crippen molar-refractivity contribution in [3.05, 3.63) is 23.3 Å². The summed E-state index contributed by atoms with van der Waals surface area (Å²) in [6, 6.07) is 0. The highest BCUT2D eigenvalue weighted by Gasteiger charge is 2.04. The van der Waals surface area contributed by atoms with Gasteiger partial charge in [0, 0.05) is 6.54 Å². The molecule has 0 aromatic heterocycles. The highest BCUT2D eigenvalue weighted by atomic mass is 14.5. The van der Waals surface area contributed by atoms with Gasteiger partial charge < -0.3 is 5.73 Å². The lowest BCUT2D eigenvalue weighted by Gasteiger charge is -2.13. The summed E-state index contributed by atoms with van der Waals surface area (Å²) in [5.74, 6) is 0. The molecule has 0 saturated heterocycles. The normalized spacial score (nSPS) is 17.6. The molecule has 0 radical (unpaired) electrons. The molecule has 1 rings (SSSR count). The first-order chi connectivity index (χ1) is 5.38. The molecule has 1 aliphatic rings. The average Bonchev–Trinajstić information content (AvgIpc) is 2.06. The zero-order valence-electron chi connectivity index (χ0n) is 7.27. The van der Waals surface area contributed by atoms with E-state index in [1.54, 1.807) is 0 Å². The van der Waals surface area contributed by atoms with E-state index < -0.39 is 0 Å². The van der Waals surface area contributed by atoms with Gasteiger partial charge in [0.2, 0.25) is 0 Å². The van der Waals surface area contributed by atoms with E-state index >= 15 is 0 Å². The second-order valence-electron chi connectivity index (χ2n) is 3.02. The van der Waals surface area contributed by atoms with Crippen molar-refractivity contribution >= 4 is 0 Å². The van der Waals surface area contributed by atoms with Crippen molar-refractivity contribution in [1.82, 2.24) is 0 Å². The molecule has 0 atom stereocenters. The van der Waals surface area contributed by atoms with Crippen molar-refractivity contribution in [3.63, 3.8) is 0 Å². The molecule has 0 heterocycles. The van der Waals surface area contributed by atoms with E-state index in [-0.39, 0.29) is 0 Å². The summed E-state index contributed by atoms with van der Waals surface area (Å²) in [6.07, 6.45) is 9.29. The quantitative estimate of drug-likeness (QED) is 0.658. The second-order valence-corrected chi connectivity index (χ2v) is 3.02. The van der Waals surface area contributed by atoms with Crippen LogP contribution in [0.25, 0.3) is 0 Å². The van der Waals surface area contributed by atoms with E-state index in [0.717, 1.165) is 6.54 Å². The van der Waals surface area contributed by atoms with Crippen LogP contribution in [0.2, 0.25) is 0 Å². The van der Waals surface area contributed by atoms with Crippen LogP contribution in [0, 0.1) is 0 Å². The summed E-state index contributed by atoms with van der Waals surface area (Å²) < 4.78 is 0. The average molecular weight is 151 g/mol. The Labute approximate surface area is 69.0 Å². The van der Waals surface area contributed by atoms with E-state index in [1.807, 2.05) is 0 Å². The smallest absolute Gasteiger partial charge is 0.0142 e. The lowest BCUT2D eigenvalue weighted by molar-refractivity contribution is 0.836. The van der Waals surface area contributed by atoms with E-state index in [1.165, 1.54) is 36.8 Å². The largest absolute Gasteiger partial charge is 0.327 e. The van der Waals surface area contributed by atoms with Crippen LogP contribution in [0.4, 0.5) is 0 Å². The minimum atomic E-state index is 0.750. The second kappa shape index (κ2) is 4.35. The van der Waals surface area contributed by atoms with Crippen molar-refractivity contribution in [2.24, 2.45) is 5.73 Å². The van der Waals surface area contributed by atoms with Crippen LogP contribution < -0.4 is 5.73 Å². The Hall–Kier alpha value is -0.560. The van der Waals surface area contributed by atoms with Gasteiger partial charge in [-0.2, -0.15) is 0 Å². The van der Waals surface area contributed by atoms with E-state index in [2.05, 4.69) is 19.1 Å². The molecule has 0 amide bonds. The van der Waals surface area contributed by atoms with Crippen LogP contribution in [0.15, 0.2) is 23.3 Å². The number of hydrogen-bond acceptors (Lipinski definition) is 1. The molecule has 1 aliphatic carbocycles. The minimum absolute atomic E-state index is 0.750. The van der Waals surface area contributed by atoms with Crippen molar-refractivity contribution in [2.75, 3.05) is 6.54 Å². The monoisotopic (exact) mass is 151 g/mol. The highest BCUT2D eigenvalue weighted by molar-refractivity contribution is 5.30. The Balaban J connectivity index is 2.66.